The van der Waals surface area contributed by atoms with Crippen LogP contribution in [0.25, 0.3) is 11.1 Å². The number of phenols is 1. The monoisotopic (exact) mass is 256 g/mol. The first-order chi connectivity index (χ1) is 9.11. The van der Waals surface area contributed by atoms with Crippen LogP contribution in [0.1, 0.15) is 23.0 Å². The lowest BCUT2D eigenvalue weighted by molar-refractivity contribution is 0.0950. The number of hydrogen-bond donors (Lipinski definition) is 2. The van der Waals surface area contributed by atoms with E-state index in [1.54, 1.807) is 18.3 Å². The van der Waals surface area contributed by atoms with Gasteiger partial charge in [0.1, 0.15) is 11.4 Å². The van der Waals surface area contributed by atoms with E-state index in [4.69, 9.17) is 0 Å². The van der Waals surface area contributed by atoms with Crippen LogP contribution in [0.3, 0.4) is 0 Å². The van der Waals surface area contributed by atoms with Gasteiger partial charge in [0.15, 0.2) is 0 Å². The highest BCUT2D eigenvalue weighted by atomic mass is 16.3. The van der Waals surface area contributed by atoms with Crippen LogP contribution in [-0.2, 0) is 0 Å². The van der Waals surface area contributed by atoms with Crippen molar-refractivity contribution in [3.63, 3.8) is 0 Å². The summed E-state index contributed by atoms with van der Waals surface area (Å²) in [6, 6.07) is 8.81. The number of rotatable bonds is 3. The number of carbonyl (C=O) groups excluding carboxylic acids is 1. The number of phenolic OH excluding ortho intramolecular Hbond substituents is 1. The van der Waals surface area contributed by atoms with Gasteiger partial charge in [-0.05, 0) is 43.2 Å². The summed E-state index contributed by atoms with van der Waals surface area (Å²) in [6.45, 7) is 4.32. The number of carbonyl (C=O) groups is 1. The minimum atomic E-state index is -0.155. The zero-order valence-corrected chi connectivity index (χ0v) is 11.0. The van der Waals surface area contributed by atoms with Gasteiger partial charge in [-0.2, -0.15) is 0 Å². The van der Waals surface area contributed by atoms with E-state index in [9.17, 15) is 9.90 Å². The second-order valence-corrected chi connectivity index (χ2v) is 4.30. The first kappa shape index (κ1) is 13.1. The fourth-order valence-electron chi connectivity index (χ4n) is 1.87. The lowest BCUT2D eigenvalue weighted by Gasteiger charge is -2.07. The number of benzene rings is 1. The third-order valence-corrected chi connectivity index (χ3v) is 2.83. The molecule has 0 aliphatic rings. The topological polar surface area (TPSA) is 62.2 Å². The predicted octanol–water partition coefficient (Wildman–Crippen LogP) is 2.51. The summed E-state index contributed by atoms with van der Waals surface area (Å²) in [7, 11) is 0. The van der Waals surface area contributed by atoms with Gasteiger partial charge in [-0.3, -0.25) is 9.78 Å². The first-order valence-electron chi connectivity index (χ1n) is 6.16. The van der Waals surface area contributed by atoms with Crippen LogP contribution in [0.15, 0.2) is 36.5 Å². The molecule has 0 saturated carbocycles. The zero-order chi connectivity index (χ0) is 13.8. The fraction of sp³-hybridized carbons (Fsp3) is 0.200. The van der Waals surface area contributed by atoms with Crippen molar-refractivity contribution in [1.29, 1.82) is 0 Å². The van der Waals surface area contributed by atoms with Crippen LogP contribution in [-0.4, -0.2) is 22.5 Å². The van der Waals surface area contributed by atoms with E-state index in [1.807, 2.05) is 32.0 Å². The van der Waals surface area contributed by atoms with Gasteiger partial charge in [-0.25, -0.2) is 0 Å². The van der Waals surface area contributed by atoms with Crippen LogP contribution >= 0.6 is 0 Å². The smallest absolute Gasteiger partial charge is 0.270 e. The summed E-state index contributed by atoms with van der Waals surface area (Å²) in [5.74, 6) is 0.0737. The Morgan fingerprint density at radius 3 is 2.53 bits per heavy atom. The Morgan fingerprint density at radius 1 is 1.26 bits per heavy atom. The molecule has 0 spiro atoms. The Balaban J connectivity index is 2.33. The highest BCUT2D eigenvalue weighted by Gasteiger charge is 2.10. The van der Waals surface area contributed by atoms with Crippen molar-refractivity contribution < 1.29 is 9.90 Å². The third kappa shape index (κ3) is 2.91. The molecular weight excluding hydrogens is 240 g/mol. The van der Waals surface area contributed by atoms with Gasteiger partial charge >= 0.3 is 0 Å². The first-order valence-corrected chi connectivity index (χ1v) is 6.16. The zero-order valence-electron chi connectivity index (χ0n) is 11.0. The number of pyridine rings is 1. The average molecular weight is 256 g/mol. The summed E-state index contributed by atoms with van der Waals surface area (Å²) >= 11 is 0. The van der Waals surface area contributed by atoms with Gasteiger partial charge in [0.05, 0.1) is 0 Å². The Labute approximate surface area is 112 Å². The van der Waals surface area contributed by atoms with Crippen molar-refractivity contribution in [3.05, 3.63) is 47.8 Å². The molecule has 1 aromatic carbocycles. The van der Waals surface area contributed by atoms with Crippen molar-refractivity contribution in [1.82, 2.24) is 10.3 Å². The molecule has 4 nitrogen and oxygen atoms in total. The van der Waals surface area contributed by atoms with Crippen molar-refractivity contribution >= 4 is 5.91 Å². The van der Waals surface area contributed by atoms with Gasteiger partial charge in [-0.1, -0.05) is 12.1 Å². The summed E-state index contributed by atoms with van der Waals surface area (Å²) in [5.41, 5.74) is 3.15. The molecular formula is C15H16N2O2. The van der Waals surface area contributed by atoms with E-state index in [0.29, 0.717) is 12.2 Å². The molecule has 2 aromatic rings. The molecule has 0 bridgehead atoms. The molecule has 2 N–H and O–H groups in total. The van der Waals surface area contributed by atoms with Crippen LogP contribution in [0.2, 0.25) is 0 Å². The number of hydrogen-bond acceptors (Lipinski definition) is 3. The molecule has 4 heteroatoms. The normalized spacial score (nSPS) is 10.2. The van der Waals surface area contributed by atoms with E-state index < -0.39 is 0 Å². The minimum Gasteiger partial charge on any atom is -0.508 e. The Kier molecular flexibility index (Phi) is 3.80. The molecule has 0 atom stereocenters. The van der Waals surface area contributed by atoms with Crippen LogP contribution in [0, 0.1) is 6.92 Å². The highest BCUT2D eigenvalue weighted by molar-refractivity contribution is 5.94. The van der Waals surface area contributed by atoms with E-state index in [2.05, 4.69) is 10.3 Å². The number of aromatic hydroxyl groups is 1. The Bertz CT molecular complexity index is 592. The van der Waals surface area contributed by atoms with E-state index in [-0.39, 0.29) is 11.7 Å². The number of amides is 1. The molecule has 0 aliphatic heterocycles. The van der Waals surface area contributed by atoms with Gasteiger partial charge in [-0.15, -0.1) is 0 Å². The number of aryl methyl sites for hydroxylation is 1. The molecule has 0 fully saturated rings. The standard InChI is InChI=1S/C15H16N2O2/c1-3-16-15(19)14-10(2)8-12(9-17-14)11-4-6-13(18)7-5-11/h4-9,18H,3H2,1-2H3,(H,16,19). The second kappa shape index (κ2) is 5.52. The van der Waals surface area contributed by atoms with Crippen molar-refractivity contribution in [3.8, 4) is 16.9 Å². The summed E-state index contributed by atoms with van der Waals surface area (Å²) in [6.07, 6.45) is 1.67. The summed E-state index contributed by atoms with van der Waals surface area (Å²) in [4.78, 5) is 16.0. The molecule has 0 aliphatic carbocycles. The van der Waals surface area contributed by atoms with Crippen molar-refractivity contribution in [2.75, 3.05) is 6.54 Å². The van der Waals surface area contributed by atoms with Crippen LogP contribution < -0.4 is 5.32 Å². The van der Waals surface area contributed by atoms with Crippen molar-refractivity contribution in [2.45, 2.75) is 13.8 Å². The third-order valence-electron chi connectivity index (χ3n) is 2.83. The van der Waals surface area contributed by atoms with Gasteiger partial charge in [0.2, 0.25) is 0 Å². The van der Waals surface area contributed by atoms with Crippen LogP contribution in [0.5, 0.6) is 5.75 Å². The minimum absolute atomic E-state index is 0.155. The van der Waals surface area contributed by atoms with E-state index in [0.717, 1.165) is 16.7 Å². The molecule has 0 unspecified atom stereocenters. The molecule has 1 amide bonds. The maximum absolute atomic E-state index is 11.8. The molecule has 2 rings (SSSR count). The molecule has 1 aromatic heterocycles. The quantitative estimate of drug-likeness (QED) is 0.887. The lowest BCUT2D eigenvalue weighted by Crippen LogP contribution is -2.24. The van der Waals surface area contributed by atoms with Gasteiger partial charge in [0, 0.05) is 18.3 Å². The second-order valence-electron chi connectivity index (χ2n) is 4.30. The Morgan fingerprint density at radius 2 is 1.95 bits per heavy atom. The average Bonchev–Trinajstić information content (AvgIpc) is 2.39. The maximum atomic E-state index is 11.8. The predicted molar refractivity (Wildman–Crippen MR) is 74.1 cm³/mol. The van der Waals surface area contributed by atoms with Crippen molar-refractivity contribution in [2.24, 2.45) is 0 Å². The highest BCUT2D eigenvalue weighted by Crippen LogP contribution is 2.22. The SMILES string of the molecule is CCNC(=O)c1ncc(-c2ccc(O)cc2)cc1C. The molecule has 19 heavy (non-hydrogen) atoms. The Hall–Kier alpha value is -2.36. The molecule has 0 saturated heterocycles. The molecule has 98 valence electrons. The lowest BCUT2D eigenvalue weighted by atomic mass is 10.0. The maximum Gasteiger partial charge on any atom is 0.270 e. The largest absolute Gasteiger partial charge is 0.508 e. The molecule has 0 radical (unpaired) electrons. The van der Waals surface area contributed by atoms with Crippen LogP contribution in [0.4, 0.5) is 0 Å². The van der Waals surface area contributed by atoms with E-state index in [1.165, 1.54) is 0 Å². The van der Waals surface area contributed by atoms with E-state index >= 15 is 0 Å². The summed E-state index contributed by atoms with van der Waals surface area (Å²) in [5, 5.41) is 12.0. The number of nitrogens with zero attached hydrogens (tertiary/aromatic N) is 1. The fourth-order valence-corrected chi connectivity index (χ4v) is 1.87. The number of nitrogens with one attached hydrogen (secondary N) is 1. The molecule has 1 heterocycles. The van der Waals surface area contributed by atoms with Gasteiger partial charge < -0.3 is 10.4 Å². The summed E-state index contributed by atoms with van der Waals surface area (Å²) < 4.78 is 0. The van der Waals surface area contributed by atoms with Gasteiger partial charge in [0.25, 0.3) is 5.91 Å². The number of aromatic nitrogens is 1.